The van der Waals surface area contributed by atoms with Gasteiger partial charge in [0, 0.05) is 18.1 Å². The van der Waals surface area contributed by atoms with Gasteiger partial charge in [-0.3, -0.25) is 4.79 Å². The number of benzene rings is 1. The minimum atomic E-state index is -0.958. The second-order valence-electron chi connectivity index (χ2n) is 6.23. The summed E-state index contributed by atoms with van der Waals surface area (Å²) in [4.78, 5) is 23.6. The third-order valence-corrected chi connectivity index (χ3v) is 4.42. The summed E-state index contributed by atoms with van der Waals surface area (Å²) in [5.41, 5.74) is 1.60. The number of aliphatic carboxylic acids is 1. The van der Waals surface area contributed by atoms with E-state index in [9.17, 15) is 14.7 Å². The van der Waals surface area contributed by atoms with E-state index in [0.29, 0.717) is 30.4 Å². The van der Waals surface area contributed by atoms with Crippen molar-refractivity contribution in [3.8, 4) is 0 Å². The van der Waals surface area contributed by atoms with Gasteiger partial charge in [-0.05, 0) is 36.5 Å². The van der Waals surface area contributed by atoms with Gasteiger partial charge in [0.15, 0.2) is 0 Å². The molecule has 2 aliphatic rings. The highest BCUT2D eigenvalue weighted by atomic mass is 16.5. The van der Waals surface area contributed by atoms with E-state index in [4.69, 9.17) is 4.74 Å². The second-order valence-corrected chi connectivity index (χ2v) is 6.23. The molecule has 2 fully saturated rings. The number of ether oxygens (including phenoxy) is 1. The second kappa shape index (κ2) is 6.48. The molecule has 2 N–H and O–H groups in total. The van der Waals surface area contributed by atoms with Gasteiger partial charge in [-0.15, -0.1) is 0 Å². The maximum absolute atomic E-state index is 12.3. The summed E-state index contributed by atoms with van der Waals surface area (Å²) in [5, 5.41) is 11.9. The molecular weight excluding hydrogens is 282 g/mol. The topological polar surface area (TPSA) is 75.6 Å². The minimum Gasteiger partial charge on any atom is -0.480 e. The first-order chi connectivity index (χ1) is 10.6. The lowest BCUT2D eigenvalue weighted by atomic mass is 9.96. The molecule has 0 spiro atoms. The van der Waals surface area contributed by atoms with Crippen LogP contribution in [0.15, 0.2) is 24.3 Å². The number of carboxylic acid groups (broad SMARTS) is 1. The molecule has 0 aromatic heterocycles. The Morgan fingerprint density at radius 3 is 2.77 bits per heavy atom. The maximum atomic E-state index is 12.3. The van der Waals surface area contributed by atoms with E-state index < -0.39 is 12.0 Å². The Hall–Kier alpha value is -1.88. The first kappa shape index (κ1) is 15.0. The fraction of sp³-hybridized carbons (Fsp3) is 0.529. The van der Waals surface area contributed by atoms with Gasteiger partial charge >= 0.3 is 5.97 Å². The number of hydrogen-bond acceptors (Lipinski definition) is 3. The van der Waals surface area contributed by atoms with Gasteiger partial charge in [0.2, 0.25) is 0 Å². The number of carboxylic acids is 1. The van der Waals surface area contributed by atoms with Crippen LogP contribution in [0.3, 0.4) is 0 Å². The predicted molar refractivity (Wildman–Crippen MR) is 80.9 cm³/mol. The zero-order chi connectivity index (χ0) is 15.5. The third-order valence-electron chi connectivity index (χ3n) is 4.42. The Kier molecular flexibility index (Phi) is 4.43. The predicted octanol–water partition coefficient (Wildman–Crippen LogP) is 2.17. The van der Waals surface area contributed by atoms with E-state index >= 15 is 0 Å². The average molecular weight is 303 g/mol. The van der Waals surface area contributed by atoms with E-state index in [0.717, 1.165) is 31.4 Å². The van der Waals surface area contributed by atoms with E-state index in [1.165, 1.54) is 0 Å². The molecule has 1 aliphatic carbocycles. The quantitative estimate of drug-likeness (QED) is 0.844. The number of carbonyl (C=O) groups excluding carboxylic acids is 1. The van der Waals surface area contributed by atoms with Crippen molar-refractivity contribution in [2.24, 2.45) is 5.92 Å². The molecule has 5 nitrogen and oxygen atoms in total. The SMILES string of the molecule is O=C(NC(CC1CC1)C(=O)O)c1cccc(C2CCOC2)c1. The molecule has 1 aliphatic heterocycles. The van der Waals surface area contributed by atoms with Crippen molar-refractivity contribution in [1.82, 2.24) is 5.32 Å². The van der Waals surface area contributed by atoms with Gasteiger partial charge in [0.25, 0.3) is 5.91 Å². The summed E-state index contributed by atoms with van der Waals surface area (Å²) in [6, 6.07) is 6.63. The van der Waals surface area contributed by atoms with Crippen molar-refractivity contribution >= 4 is 11.9 Å². The average Bonchev–Trinajstić information content (AvgIpc) is 3.16. The van der Waals surface area contributed by atoms with Crippen LogP contribution in [-0.2, 0) is 9.53 Å². The van der Waals surface area contributed by atoms with Crippen LogP contribution in [0.5, 0.6) is 0 Å². The van der Waals surface area contributed by atoms with Gasteiger partial charge in [-0.1, -0.05) is 25.0 Å². The Bertz CT molecular complexity index is 562. The summed E-state index contributed by atoms with van der Waals surface area (Å²) in [7, 11) is 0. The van der Waals surface area contributed by atoms with Crippen molar-refractivity contribution in [2.75, 3.05) is 13.2 Å². The lowest BCUT2D eigenvalue weighted by Gasteiger charge is -2.15. The largest absolute Gasteiger partial charge is 0.480 e. The molecule has 3 rings (SSSR count). The Morgan fingerprint density at radius 1 is 1.32 bits per heavy atom. The van der Waals surface area contributed by atoms with E-state index in [2.05, 4.69) is 5.32 Å². The number of carbonyl (C=O) groups is 2. The Balaban J connectivity index is 1.67. The van der Waals surface area contributed by atoms with Crippen molar-refractivity contribution in [1.29, 1.82) is 0 Å². The molecule has 118 valence electrons. The molecule has 1 aromatic rings. The van der Waals surface area contributed by atoms with Crippen molar-refractivity contribution in [3.05, 3.63) is 35.4 Å². The van der Waals surface area contributed by atoms with Gasteiger partial charge in [0.05, 0.1) is 6.61 Å². The van der Waals surface area contributed by atoms with Gasteiger partial charge in [-0.25, -0.2) is 4.79 Å². The fourth-order valence-corrected chi connectivity index (χ4v) is 2.88. The molecule has 0 bridgehead atoms. The molecule has 1 heterocycles. The number of amides is 1. The molecule has 2 unspecified atom stereocenters. The summed E-state index contributed by atoms with van der Waals surface area (Å²) in [6.45, 7) is 1.44. The number of hydrogen-bond donors (Lipinski definition) is 2. The van der Waals surface area contributed by atoms with Crippen molar-refractivity contribution in [2.45, 2.75) is 37.6 Å². The Labute approximate surface area is 129 Å². The first-order valence-corrected chi connectivity index (χ1v) is 7.85. The molecule has 1 aromatic carbocycles. The standard InChI is InChI=1S/C17H21NO4/c19-16(18-15(17(20)21)8-11-4-5-11)13-3-1-2-12(9-13)14-6-7-22-10-14/h1-3,9,11,14-15H,4-8,10H2,(H,18,19)(H,20,21). The normalized spacial score (nSPS) is 22.3. The molecule has 5 heteroatoms. The maximum Gasteiger partial charge on any atom is 0.326 e. The molecule has 22 heavy (non-hydrogen) atoms. The summed E-state index contributed by atoms with van der Waals surface area (Å²) >= 11 is 0. The van der Waals surface area contributed by atoms with Crippen LogP contribution in [-0.4, -0.2) is 36.2 Å². The van der Waals surface area contributed by atoms with Gasteiger partial charge in [0.1, 0.15) is 6.04 Å². The summed E-state index contributed by atoms with van der Waals surface area (Å²) in [5.74, 6) is -0.493. The molecule has 1 amide bonds. The number of nitrogens with one attached hydrogen (secondary N) is 1. The van der Waals surface area contributed by atoms with E-state index in [1.807, 2.05) is 18.2 Å². The van der Waals surface area contributed by atoms with Crippen LogP contribution < -0.4 is 5.32 Å². The van der Waals surface area contributed by atoms with Crippen LogP contribution in [0.1, 0.15) is 47.5 Å². The molecule has 1 saturated carbocycles. The zero-order valence-electron chi connectivity index (χ0n) is 12.5. The first-order valence-electron chi connectivity index (χ1n) is 7.85. The van der Waals surface area contributed by atoms with E-state index in [1.54, 1.807) is 6.07 Å². The van der Waals surface area contributed by atoms with Crippen LogP contribution in [0.4, 0.5) is 0 Å². The van der Waals surface area contributed by atoms with Crippen LogP contribution >= 0.6 is 0 Å². The summed E-state index contributed by atoms with van der Waals surface area (Å²) in [6.07, 6.45) is 3.62. The van der Waals surface area contributed by atoms with Crippen LogP contribution in [0.2, 0.25) is 0 Å². The fourth-order valence-electron chi connectivity index (χ4n) is 2.88. The van der Waals surface area contributed by atoms with Crippen molar-refractivity contribution < 1.29 is 19.4 Å². The molecule has 1 saturated heterocycles. The molecule has 2 atom stereocenters. The third kappa shape index (κ3) is 3.65. The minimum absolute atomic E-state index is 0.311. The molecule has 0 radical (unpaired) electrons. The molecular formula is C17H21NO4. The summed E-state index contributed by atoms with van der Waals surface area (Å²) < 4.78 is 5.38. The van der Waals surface area contributed by atoms with E-state index in [-0.39, 0.29) is 5.91 Å². The van der Waals surface area contributed by atoms with Gasteiger partial charge < -0.3 is 15.2 Å². The highest BCUT2D eigenvalue weighted by molar-refractivity contribution is 5.96. The highest BCUT2D eigenvalue weighted by Gasteiger charge is 2.30. The monoisotopic (exact) mass is 303 g/mol. The number of rotatable bonds is 6. The van der Waals surface area contributed by atoms with Crippen LogP contribution in [0.25, 0.3) is 0 Å². The zero-order valence-corrected chi connectivity index (χ0v) is 12.5. The smallest absolute Gasteiger partial charge is 0.326 e. The lowest BCUT2D eigenvalue weighted by molar-refractivity contribution is -0.139. The van der Waals surface area contributed by atoms with Crippen LogP contribution in [0, 0.1) is 5.92 Å². The van der Waals surface area contributed by atoms with Crippen molar-refractivity contribution in [3.63, 3.8) is 0 Å². The highest BCUT2D eigenvalue weighted by Crippen LogP contribution is 2.33. The lowest BCUT2D eigenvalue weighted by Crippen LogP contribution is -2.41. The Morgan fingerprint density at radius 2 is 2.14 bits per heavy atom. The van der Waals surface area contributed by atoms with Gasteiger partial charge in [-0.2, -0.15) is 0 Å².